The Morgan fingerprint density at radius 1 is 0.302 bits per heavy atom. The topological polar surface area (TPSA) is 25.8 Å². The lowest BCUT2D eigenvalue weighted by atomic mass is 9.93. The van der Waals surface area contributed by atoms with Crippen LogP contribution in [0.25, 0.3) is 98.2 Å². The van der Waals surface area contributed by atoms with E-state index in [-0.39, 0.29) is 0 Å². The van der Waals surface area contributed by atoms with E-state index in [1.807, 2.05) is 29.5 Å². The van der Waals surface area contributed by atoms with Crippen LogP contribution in [0.5, 0.6) is 0 Å². The Bertz CT molecular complexity index is 2920. The maximum atomic E-state index is 5.24. The van der Waals surface area contributed by atoms with Crippen LogP contribution in [0.2, 0.25) is 0 Å². The summed E-state index contributed by atoms with van der Waals surface area (Å²) in [5.41, 5.74) is 11.9. The smallest absolute Gasteiger partial charge is 0.160 e. The molecule has 0 radical (unpaired) electrons. The SMILES string of the molecule is c1ccc(-c2cc(-c3ccc4sc5ccccc5c4c3)cc(-c3cc(-c4ccc(-c5cccc6ccccc56)cc4)nc(-c4ccccc4)n3)c2)cc1. The quantitative estimate of drug-likeness (QED) is 0.173. The normalized spacial score (nSPS) is 11.4. The van der Waals surface area contributed by atoms with E-state index in [0.29, 0.717) is 5.82 Å². The second-order valence-electron chi connectivity index (χ2n) is 13.4. The zero-order valence-corrected chi connectivity index (χ0v) is 29.6. The average Bonchev–Trinajstić information content (AvgIpc) is 3.62. The number of nitrogens with zero attached hydrogens (tertiary/aromatic N) is 2. The molecule has 0 aliphatic carbocycles. The average molecular weight is 693 g/mol. The first-order chi connectivity index (χ1) is 26.2. The molecule has 2 heterocycles. The van der Waals surface area contributed by atoms with Gasteiger partial charge in [0.05, 0.1) is 11.4 Å². The van der Waals surface area contributed by atoms with Gasteiger partial charge in [-0.15, -0.1) is 11.3 Å². The molecule has 0 saturated carbocycles. The van der Waals surface area contributed by atoms with Crippen molar-refractivity contribution in [2.24, 2.45) is 0 Å². The predicted octanol–water partition coefficient (Wildman–Crippen LogP) is 14.0. The minimum absolute atomic E-state index is 0.703. The van der Waals surface area contributed by atoms with Crippen LogP contribution < -0.4 is 0 Å². The van der Waals surface area contributed by atoms with Crippen molar-refractivity contribution in [2.75, 3.05) is 0 Å². The molecule has 0 amide bonds. The van der Waals surface area contributed by atoms with Crippen molar-refractivity contribution < 1.29 is 0 Å². The van der Waals surface area contributed by atoms with Gasteiger partial charge in [-0.05, 0) is 86.6 Å². The molecule has 3 heteroatoms. The predicted molar refractivity (Wildman–Crippen MR) is 225 cm³/mol. The number of thiophene rings is 1. The first-order valence-electron chi connectivity index (χ1n) is 17.9. The summed E-state index contributed by atoms with van der Waals surface area (Å²) in [5.74, 6) is 0.703. The van der Waals surface area contributed by atoms with Crippen LogP contribution >= 0.6 is 11.3 Å². The Hall–Kier alpha value is -6.68. The Kier molecular flexibility index (Phi) is 7.71. The zero-order chi connectivity index (χ0) is 35.1. The lowest BCUT2D eigenvalue weighted by molar-refractivity contribution is 1.18. The highest BCUT2D eigenvalue weighted by Crippen LogP contribution is 2.39. The zero-order valence-electron chi connectivity index (χ0n) is 28.8. The number of fused-ring (bicyclic) bond motifs is 4. The van der Waals surface area contributed by atoms with Crippen LogP contribution in [0.4, 0.5) is 0 Å². The molecule has 0 unspecified atom stereocenters. The second kappa shape index (κ2) is 13.1. The van der Waals surface area contributed by atoms with E-state index in [9.17, 15) is 0 Å². The Labute approximate surface area is 312 Å². The van der Waals surface area contributed by atoms with Crippen LogP contribution in [0, 0.1) is 0 Å². The molecule has 248 valence electrons. The van der Waals surface area contributed by atoms with Crippen LogP contribution in [-0.4, -0.2) is 9.97 Å². The largest absolute Gasteiger partial charge is 0.228 e. The fourth-order valence-corrected chi connectivity index (χ4v) is 8.49. The van der Waals surface area contributed by atoms with Crippen molar-refractivity contribution in [1.29, 1.82) is 0 Å². The van der Waals surface area contributed by atoms with Crippen molar-refractivity contribution >= 4 is 42.3 Å². The van der Waals surface area contributed by atoms with Gasteiger partial charge in [-0.3, -0.25) is 0 Å². The van der Waals surface area contributed by atoms with E-state index >= 15 is 0 Å². The highest BCUT2D eigenvalue weighted by molar-refractivity contribution is 7.25. The first kappa shape index (κ1) is 31.1. The van der Waals surface area contributed by atoms with E-state index < -0.39 is 0 Å². The number of aromatic nitrogens is 2. The number of hydrogen-bond donors (Lipinski definition) is 0. The van der Waals surface area contributed by atoms with E-state index in [4.69, 9.17) is 9.97 Å². The van der Waals surface area contributed by atoms with Gasteiger partial charge in [0.1, 0.15) is 0 Å². The van der Waals surface area contributed by atoms with E-state index in [1.54, 1.807) is 0 Å². The van der Waals surface area contributed by atoms with Crippen molar-refractivity contribution in [1.82, 2.24) is 9.97 Å². The molecule has 2 aromatic heterocycles. The minimum atomic E-state index is 0.703. The maximum absolute atomic E-state index is 5.24. The summed E-state index contributed by atoms with van der Waals surface area (Å²) >= 11 is 1.85. The van der Waals surface area contributed by atoms with Crippen molar-refractivity contribution in [3.05, 3.63) is 194 Å². The molecule has 0 N–H and O–H groups in total. The minimum Gasteiger partial charge on any atom is -0.228 e. The molecular formula is C50H32N2S. The number of rotatable bonds is 6. The van der Waals surface area contributed by atoms with Crippen molar-refractivity contribution in [2.45, 2.75) is 0 Å². The maximum Gasteiger partial charge on any atom is 0.160 e. The van der Waals surface area contributed by atoms with Crippen LogP contribution in [0.3, 0.4) is 0 Å². The summed E-state index contributed by atoms with van der Waals surface area (Å²) in [7, 11) is 0. The van der Waals surface area contributed by atoms with Gasteiger partial charge in [0.2, 0.25) is 0 Å². The van der Waals surface area contributed by atoms with Crippen molar-refractivity contribution in [3.8, 4) is 67.3 Å². The highest BCUT2D eigenvalue weighted by atomic mass is 32.1. The van der Waals surface area contributed by atoms with Gasteiger partial charge in [0, 0.05) is 36.9 Å². The Morgan fingerprint density at radius 2 is 0.868 bits per heavy atom. The molecular weight excluding hydrogens is 661 g/mol. The molecule has 2 nitrogen and oxygen atoms in total. The fraction of sp³-hybridized carbons (Fsp3) is 0. The van der Waals surface area contributed by atoms with Crippen LogP contribution in [0.1, 0.15) is 0 Å². The molecule has 8 aromatic carbocycles. The third kappa shape index (κ3) is 5.87. The number of benzene rings is 8. The van der Waals surface area contributed by atoms with E-state index in [0.717, 1.165) is 39.2 Å². The highest BCUT2D eigenvalue weighted by Gasteiger charge is 2.15. The molecule has 0 bridgehead atoms. The Morgan fingerprint density at radius 3 is 1.66 bits per heavy atom. The van der Waals surface area contributed by atoms with E-state index in [2.05, 4.69) is 176 Å². The lowest BCUT2D eigenvalue weighted by Crippen LogP contribution is -1.96. The molecule has 53 heavy (non-hydrogen) atoms. The third-order valence-corrected chi connectivity index (χ3v) is 11.2. The fourth-order valence-electron chi connectivity index (χ4n) is 7.40. The molecule has 0 spiro atoms. The summed E-state index contributed by atoms with van der Waals surface area (Å²) < 4.78 is 2.61. The van der Waals surface area contributed by atoms with Gasteiger partial charge in [0.25, 0.3) is 0 Å². The molecule has 0 fully saturated rings. The molecule has 10 aromatic rings. The van der Waals surface area contributed by atoms with Gasteiger partial charge in [-0.1, -0.05) is 152 Å². The molecule has 0 aliphatic heterocycles. The van der Waals surface area contributed by atoms with Crippen LogP contribution in [0.15, 0.2) is 194 Å². The lowest BCUT2D eigenvalue weighted by Gasteiger charge is -2.14. The first-order valence-corrected chi connectivity index (χ1v) is 18.7. The van der Waals surface area contributed by atoms with Crippen LogP contribution in [-0.2, 0) is 0 Å². The van der Waals surface area contributed by atoms with Crippen molar-refractivity contribution in [3.63, 3.8) is 0 Å². The van der Waals surface area contributed by atoms with Gasteiger partial charge in [-0.2, -0.15) is 0 Å². The second-order valence-corrected chi connectivity index (χ2v) is 14.5. The molecule has 10 rings (SSSR count). The molecule has 0 atom stereocenters. The summed E-state index contributed by atoms with van der Waals surface area (Å²) in [5, 5.41) is 5.08. The standard InChI is InChI=1S/C50H32N2S/c1-3-12-33(13-4-1)39-28-40(38-26-27-49-45(31-38)44-19-9-10-21-48(44)53-49)30-41(29-39)47-32-46(51-50(52-47)37-15-5-2-6-16-37)36-24-22-35(23-25-36)43-20-11-17-34-14-7-8-18-42(34)43/h1-32H. The van der Waals surface area contributed by atoms with Gasteiger partial charge in [0.15, 0.2) is 5.82 Å². The van der Waals surface area contributed by atoms with Gasteiger partial charge < -0.3 is 0 Å². The third-order valence-electron chi connectivity index (χ3n) is 10.1. The molecule has 0 saturated heterocycles. The van der Waals surface area contributed by atoms with Gasteiger partial charge in [-0.25, -0.2) is 9.97 Å². The summed E-state index contributed by atoms with van der Waals surface area (Å²) in [6.07, 6.45) is 0. The Balaban J connectivity index is 1.13. The molecule has 0 aliphatic rings. The van der Waals surface area contributed by atoms with Gasteiger partial charge >= 0.3 is 0 Å². The van der Waals surface area contributed by atoms with E-state index in [1.165, 1.54) is 53.2 Å². The summed E-state index contributed by atoms with van der Waals surface area (Å²) in [6.45, 7) is 0. The monoisotopic (exact) mass is 692 g/mol. The number of hydrogen-bond acceptors (Lipinski definition) is 3. The summed E-state index contributed by atoms with van der Waals surface area (Å²) in [6, 6.07) is 69.3. The summed E-state index contributed by atoms with van der Waals surface area (Å²) in [4.78, 5) is 10.4.